The van der Waals surface area contributed by atoms with Gasteiger partial charge in [-0.05, 0) is 23.3 Å². The van der Waals surface area contributed by atoms with Crippen LogP contribution in [0.2, 0.25) is 25.1 Å². The second-order valence-electron chi connectivity index (χ2n) is 4.32. The van der Waals surface area contributed by atoms with Gasteiger partial charge in [0.15, 0.2) is 0 Å². The van der Waals surface area contributed by atoms with E-state index in [0.29, 0.717) is 5.56 Å². The summed E-state index contributed by atoms with van der Waals surface area (Å²) in [6.07, 6.45) is -0.482. The number of benzene rings is 2. The van der Waals surface area contributed by atoms with Crippen LogP contribution < -0.4 is 0 Å². The third-order valence-corrected chi connectivity index (χ3v) is 5.16. The number of carboxylic acid groups (broad SMARTS) is 1. The van der Waals surface area contributed by atoms with E-state index in [9.17, 15) is 9.18 Å². The summed E-state index contributed by atoms with van der Waals surface area (Å²) in [6, 6.07) is 3.85. The van der Waals surface area contributed by atoms with Gasteiger partial charge < -0.3 is 5.11 Å². The SMILES string of the molecule is O=C(O)Cc1cc(-c2c(Cl)c(Cl)c(Cl)c(Cl)c2Cl)ccc1F. The summed E-state index contributed by atoms with van der Waals surface area (Å²) >= 11 is 30.2. The number of hydrogen-bond acceptors (Lipinski definition) is 1. The van der Waals surface area contributed by atoms with E-state index in [4.69, 9.17) is 63.1 Å². The maximum atomic E-state index is 13.7. The van der Waals surface area contributed by atoms with Crippen LogP contribution in [0.1, 0.15) is 5.56 Å². The Bertz CT molecular complexity index is 747. The molecule has 0 amide bonds. The molecule has 0 aromatic heterocycles. The van der Waals surface area contributed by atoms with Crippen LogP contribution in [0.5, 0.6) is 0 Å². The summed E-state index contributed by atoms with van der Waals surface area (Å²) in [6.45, 7) is 0. The van der Waals surface area contributed by atoms with Crippen LogP contribution in [0.4, 0.5) is 4.39 Å². The van der Waals surface area contributed by atoms with Crippen molar-refractivity contribution < 1.29 is 14.3 Å². The predicted molar refractivity (Wildman–Crippen MR) is 88.2 cm³/mol. The smallest absolute Gasteiger partial charge is 0.307 e. The van der Waals surface area contributed by atoms with Gasteiger partial charge in [-0.1, -0.05) is 64.1 Å². The second kappa shape index (κ2) is 6.81. The predicted octanol–water partition coefficient (Wildman–Crippen LogP) is 6.39. The van der Waals surface area contributed by atoms with Crippen LogP contribution in [0.3, 0.4) is 0 Å². The minimum absolute atomic E-state index is 0.00922. The lowest BCUT2D eigenvalue weighted by atomic mass is 10.0. The third kappa shape index (κ3) is 3.29. The van der Waals surface area contributed by atoms with Gasteiger partial charge in [0.25, 0.3) is 0 Å². The number of rotatable bonds is 3. The van der Waals surface area contributed by atoms with Crippen molar-refractivity contribution >= 4 is 64.0 Å². The molecule has 2 rings (SSSR count). The molecule has 0 aliphatic rings. The van der Waals surface area contributed by atoms with Crippen molar-refractivity contribution in [2.24, 2.45) is 0 Å². The van der Waals surface area contributed by atoms with E-state index in [0.717, 1.165) is 6.07 Å². The van der Waals surface area contributed by atoms with Crippen LogP contribution in [0.25, 0.3) is 11.1 Å². The highest BCUT2D eigenvalue weighted by Crippen LogP contribution is 2.48. The Hall–Kier alpha value is -0.710. The molecule has 2 aromatic rings. The van der Waals surface area contributed by atoms with Crippen molar-refractivity contribution in [2.45, 2.75) is 6.42 Å². The molecule has 2 nitrogen and oxygen atoms in total. The molecule has 0 fully saturated rings. The average molecular weight is 402 g/mol. The van der Waals surface area contributed by atoms with Gasteiger partial charge in [0.2, 0.25) is 0 Å². The van der Waals surface area contributed by atoms with E-state index in [1.807, 2.05) is 0 Å². The van der Waals surface area contributed by atoms with E-state index in [1.54, 1.807) is 0 Å². The number of hydrogen-bond donors (Lipinski definition) is 1. The molecule has 22 heavy (non-hydrogen) atoms. The highest BCUT2D eigenvalue weighted by Gasteiger charge is 2.21. The number of aliphatic carboxylic acids is 1. The first-order chi connectivity index (χ1) is 10.2. The second-order valence-corrected chi connectivity index (χ2v) is 6.21. The van der Waals surface area contributed by atoms with Gasteiger partial charge >= 0.3 is 5.97 Å². The van der Waals surface area contributed by atoms with Gasteiger partial charge in [0.05, 0.1) is 31.5 Å². The first-order valence-corrected chi connectivity index (χ1v) is 7.65. The van der Waals surface area contributed by atoms with Gasteiger partial charge in [0, 0.05) is 5.56 Å². The Morgan fingerprint density at radius 3 is 1.95 bits per heavy atom. The molecule has 1 N–H and O–H groups in total. The molecule has 0 saturated carbocycles. The minimum atomic E-state index is -1.17. The van der Waals surface area contributed by atoms with Gasteiger partial charge in [-0.15, -0.1) is 0 Å². The molecule has 0 radical (unpaired) electrons. The maximum absolute atomic E-state index is 13.7. The Morgan fingerprint density at radius 2 is 1.45 bits per heavy atom. The van der Waals surface area contributed by atoms with Gasteiger partial charge in [0.1, 0.15) is 5.82 Å². The third-order valence-electron chi connectivity index (χ3n) is 2.89. The fraction of sp³-hybridized carbons (Fsp3) is 0.0714. The Balaban J connectivity index is 2.70. The molecule has 0 heterocycles. The molecule has 116 valence electrons. The van der Waals surface area contributed by atoms with Gasteiger partial charge in [-0.3, -0.25) is 4.79 Å². The lowest BCUT2D eigenvalue weighted by molar-refractivity contribution is -0.136. The van der Waals surface area contributed by atoms with E-state index in [-0.39, 0.29) is 36.2 Å². The van der Waals surface area contributed by atoms with Crippen molar-refractivity contribution in [3.05, 3.63) is 54.7 Å². The van der Waals surface area contributed by atoms with E-state index >= 15 is 0 Å². The normalized spacial score (nSPS) is 10.8. The lowest BCUT2D eigenvalue weighted by Gasteiger charge is -2.13. The number of carboxylic acids is 1. The summed E-state index contributed by atoms with van der Waals surface area (Å²) in [7, 11) is 0. The zero-order valence-corrected chi connectivity index (χ0v) is 14.3. The van der Waals surface area contributed by atoms with E-state index in [1.165, 1.54) is 12.1 Å². The van der Waals surface area contributed by atoms with Crippen molar-refractivity contribution in [1.29, 1.82) is 0 Å². The zero-order valence-electron chi connectivity index (χ0n) is 10.6. The average Bonchev–Trinajstić information content (AvgIpc) is 2.46. The summed E-state index contributed by atoms with van der Waals surface area (Å²) in [5.41, 5.74) is 0.627. The molecule has 0 spiro atoms. The van der Waals surface area contributed by atoms with E-state index in [2.05, 4.69) is 0 Å². The molecule has 0 aliphatic carbocycles. The fourth-order valence-electron chi connectivity index (χ4n) is 1.89. The topological polar surface area (TPSA) is 37.3 Å². The molecule has 2 aromatic carbocycles. The van der Waals surface area contributed by atoms with Crippen LogP contribution in [0, 0.1) is 5.82 Å². The highest BCUT2D eigenvalue weighted by molar-refractivity contribution is 6.56. The molecule has 0 atom stereocenters. The fourth-order valence-corrected chi connectivity index (χ4v) is 3.24. The van der Waals surface area contributed by atoms with Crippen molar-refractivity contribution in [3.8, 4) is 11.1 Å². The molecule has 0 aliphatic heterocycles. The monoisotopic (exact) mass is 400 g/mol. The van der Waals surface area contributed by atoms with Crippen LogP contribution >= 0.6 is 58.0 Å². The largest absolute Gasteiger partial charge is 0.481 e. The van der Waals surface area contributed by atoms with Crippen LogP contribution in [0.15, 0.2) is 18.2 Å². The Kier molecular flexibility index (Phi) is 5.46. The van der Waals surface area contributed by atoms with Crippen molar-refractivity contribution in [3.63, 3.8) is 0 Å². The maximum Gasteiger partial charge on any atom is 0.307 e. The molecule has 8 heteroatoms. The lowest BCUT2D eigenvalue weighted by Crippen LogP contribution is -2.02. The standard InChI is InChI=1S/C14H6Cl5FO2/c15-10-9(11(16)13(18)14(19)12(10)17)5-1-2-7(20)6(3-5)4-8(21)22/h1-3H,4H2,(H,21,22). The zero-order chi connectivity index (χ0) is 16.6. The Labute approximate surface area is 150 Å². The molecule has 0 unspecified atom stereocenters. The van der Waals surface area contributed by atoms with Crippen molar-refractivity contribution in [2.75, 3.05) is 0 Å². The Morgan fingerprint density at radius 1 is 0.955 bits per heavy atom. The summed E-state index contributed by atoms with van der Waals surface area (Å²) in [4.78, 5) is 10.8. The number of halogens is 6. The first-order valence-electron chi connectivity index (χ1n) is 5.76. The van der Waals surface area contributed by atoms with Crippen molar-refractivity contribution in [1.82, 2.24) is 0 Å². The first kappa shape index (κ1) is 17.6. The number of carbonyl (C=O) groups is 1. The van der Waals surface area contributed by atoms with E-state index < -0.39 is 18.2 Å². The summed E-state index contributed by atoms with van der Waals surface area (Å²) < 4.78 is 13.7. The molecular formula is C14H6Cl5FO2. The van der Waals surface area contributed by atoms with Gasteiger partial charge in [-0.25, -0.2) is 4.39 Å². The molecule has 0 saturated heterocycles. The van der Waals surface area contributed by atoms with Gasteiger partial charge in [-0.2, -0.15) is 0 Å². The molecule has 0 bridgehead atoms. The van der Waals surface area contributed by atoms with Crippen LogP contribution in [-0.4, -0.2) is 11.1 Å². The molecular weight excluding hydrogens is 396 g/mol. The quantitative estimate of drug-likeness (QED) is 0.477. The summed E-state index contributed by atoms with van der Waals surface area (Å²) in [5.74, 6) is -1.81. The van der Waals surface area contributed by atoms with Crippen LogP contribution in [-0.2, 0) is 11.2 Å². The summed E-state index contributed by atoms with van der Waals surface area (Å²) in [5, 5.41) is 8.94. The highest BCUT2D eigenvalue weighted by atomic mass is 35.5. The minimum Gasteiger partial charge on any atom is -0.481 e.